The van der Waals surface area contributed by atoms with Crippen molar-refractivity contribution in [1.82, 2.24) is 4.90 Å². The van der Waals surface area contributed by atoms with E-state index in [4.69, 9.17) is 0 Å². The molecule has 1 aliphatic heterocycles. The summed E-state index contributed by atoms with van der Waals surface area (Å²) in [6.07, 6.45) is 0.626. The normalized spacial score (nSPS) is 13.9. The van der Waals surface area contributed by atoms with Gasteiger partial charge in [-0.25, -0.2) is 0 Å². The van der Waals surface area contributed by atoms with Crippen molar-refractivity contribution < 1.29 is 9.59 Å². The molecule has 0 fully saturated rings. The number of benzene rings is 2. The Labute approximate surface area is 180 Å². The third-order valence-corrected chi connectivity index (χ3v) is 5.94. The Morgan fingerprint density at radius 3 is 2.27 bits per heavy atom. The van der Waals surface area contributed by atoms with Crippen molar-refractivity contribution in [1.29, 1.82) is 0 Å². The zero-order valence-electron chi connectivity index (χ0n) is 17.0. The van der Waals surface area contributed by atoms with Crippen LogP contribution in [0.3, 0.4) is 0 Å². The molecule has 1 aromatic heterocycles. The number of imide groups is 1. The van der Waals surface area contributed by atoms with Crippen LogP contribution < -0.4 is 10.2 Å². The molecule has 5 nitrogen and oxygen atoms in total. The lowest BCUT2D eigenvalue weighted by molar-refractivity contribution is -0.136. The highest BCUT2D eigenvalue weighted by molar-refractivity contribution is 7.11. The number of anilines is 2. The standard InChI is InChI=1S/C24H23N3O2S/c1-26(2)19-12-10-18(11-13-19)25-22-21(20-9-6-16-30-20)23(28)27(24(22)29)15-14-17-7-4-3-5-8-17/h3-13,16,25H,14-15H2,1-2H3. The van der Waals surface area contributed by atoms with Crippen LogP contribution in [0.15, 0.2) is 77.8 Å². The van der Waals surface area contributed by atoms with Crippen molar-refractivity contribution in [2.75, 3.05) is 30.9 Å². The van der Waals surface area contributed by atoms with Crippen LogP contribution in [0.4, 0.5) is 11.4 Å². The molecule has 0 spiro atoms. The quantitative estimate of drug-likeness (QED) is 0.584. The molecule has 2 amide bonds. The van der Waals surface area contributed by atoms with Crippen molar-refractivity contribution in [3.05, 3.63) is 88.2 Å². The molecule has 0 atom stereocenters. The van der Waals surface area contributed by atoms with E-state index in [1.165, 1.54) is 16.2 Å². The van der Waals surface area contributed by atoms with Gasteiger partial charge in [-0.2, -0.15) is 0 Å². The van der Waals surface area contributed by atoms with E-state index in [9.17, 15) is 9.59 Å². The molecule has 0 bridgehead atoms. The average molecular weight is 418 g/mol. The first-order valence-corrected chi connectivity index (χ1v) is 10.7. The zero-order chi connectivity index (χ0) is 21.1. The largest absolute Gasteiger partial charge is 0.378 e. The molecule has 0 aliphatic carbocycles. The minimum Gasteiger partial charge on any atom is -0.378 e. The molecule has 0 radical (unpaired) electrons. The number of hydrogen-bond acceptors (Lipinski definition) is 5. The predicted octanol–water partition coefficient (Wildman–Crippen LogP) is 4.25. The summed E-state index contributed by atoms with van der Waals surface area (Å²) in [6, 6.07) is 21.4. The molecule has 3 aromatic rings. The van der Waals surface area contributed by atoms with Gasteiger partial charge in [0, 0.05) is 36.9 Å². The molecular weight excluding hydrogens is 394 g/mol. The first kappa shape index (κ1) is 19.9. The molecule has 0 saturated carbocycles. The summed E-state index contributed by atoms with van der Waals surface area (Å²) in [5, 5.41) is 5.12. The lowest BCUT2D eigenvalue weighted by Crippen LogP contribution is -2.34. The number of hydrogen-bond donors (Lipinski definition) is 1. The molecule has 0 unspecified atom stereocenters. The monoisotopic (exact) mass is 417 g/mol. The van der Waals surface area contributed by atoms with E-state index in [0.29, 0.717) is 24.2 Å². The summed E-state index contributed by atoms with van der Waals surface area (Å²) in [5.74, 6) is -0.526. The van der Waals surface area contributed by atoms with E-state index in [1.807, 2.05) is 91.1 Å². The summed E-state index contributed by atoms with van der Waals surface area (Å²) in [4.78, 5) is 30.5. The number of thiophene rings is 1. The van der Waals surface area contributed by atoms with Gasteiger partial charge in [-0.1, -0.05) is 36.4 Å². The van der Waals surface area contributed by atoms with Gasteiger partial charge in [0.2, 0.25) is 0 Å². The molecule has 152 valence electrons. The predicted molar refractivity (Wildman–Crippen MR) is 122 cm³/mol. The van der Waals surface area contributed by atoms with Crippen LogP contribution in [-0.2, 0) is 16.0 Å². The molecule has 30 heavy (non-hydrogen) atoms. The van der Waals surface area contributed by atoms with Gasteiger partial charge in [0.25, 0.3) is 11.8 Å². The van der Waals surface area contributed by atoms with E-state index < -0.39 is 0 Å². The average Bonchev–Trinajstić information content (AvgIpc) is 3.35. The van der Waals surface area contributed by atoms with E-state index in [2.05, 4.69) is 5.32 Å². The zero-order valence-corrected chi connectivity index (χ0v) is 17.8. The number of carbonyl (C=O) groups excluding carboxylic acids is 2. The lowest BCUT2D eigenvalue weighted by atomic mass is 10.1. The second-order valence-electron chi connectivity index (χ2n) is 7.29. The summed E-state index contributed by atoms with van der Waals surface area (Å²) in [5.41, 5.74) is 3.71. The molecule has 2 heterocycles. The molecule has 2 aromatic carbocycles. The summed E-state index contributed by atoms with van der Waals surface area (Å²) in [7, 11) is 3.95. The van der Waals surface area contributed by atoms with Gasteiger partial charge >= 0.3 is 0 Å². The van der Waals surface area contributed by atoms with Crippen LogP contribution in [0.25, 0.3) is 5.57 Å². The van der Waals surface area contributed by atoms with Crippen LogP contribution in [0, 0.1) is 0 Å². The fourth-order valence-corrected chi connectivity index (χ4v) is 4.19. The van der Waals surface area contributed by atoms with Gasteiger partial charge in [0.05, 0.1) is 5.57 Å². The smallest absolute Gasteiger partial charge is 0.278 e. The highest BCUT2D eigenvalue weighted by Gasteiger charge is 2.39. The highest BCUT2D eigenvalue weighted by Crippen LogP contribution is 2.33. The Hall–Kier alpha value is -3.38. The Kier molecular flexibility index (Phi) is 5.68. The molecule has 1 N–H and O–H groups in total. The van der Waals surface area contributed by atoms with Crippen molar-refractivity contribution in [3.8, 4) is 0 Å². The minimum absolute atomic E-state index is 0.245. The number of nitrogens with one attached hydrogen (secondary N) is 1. The maximum absolute atomic E-state index is 13.2. The minimum atomic E-state index is -0.281. The Balaban J connectivity index is 1.61. The fraction of sp³-hybridized carbons (Fsp3) is 0.167. The summed E-state index contributed by atoms with van der Waals surface area (Å²) in [6.45, 7) is 0.349. The number of nitrogens with zero attached hydrogens (tertiary/aromatic N) is 2. The van der Waals surface area contributed by atoms with Crippen LogP contribution in [0.1, 0.15) is 10.4 Å². The highest BCUT2D eigenvalue weighted by atomic mass is 32.1. The van der Waals surface area contributed by atoms with Gasteiger partial charge in [-0.15, -0.1) is 11.3 Å². The molecule has 0 saturated heterocycles. The SMILES string of the molecule is CN(C)c1ccc(NC2=C(c3cccs3)C(=O)N(CCc3ccccc3)C2=O)cc1. The molecule has 4 rings (SSSR count). The van der Waals surface area contributed by atoms with Crippen LogP contribution in [0.5, 0.6) is 0 Å². The Morgan fingerprint density at radius 2 is 1.63 bits per heavy atom. The summed E-state index contributed by atoms with van der Waals surface area (Å²) < 4.78 is 0. The Bertz CT molecular complexity index is 1070. The number of rotatable bonds is 7. The van der Waals surface area contributed by atoms with E-state index in [0.717, 1.165) is 21.8 Å². The van der Waals surface area contributed by atoms with Crippen molar-refractivity contribution >= 4 is 40.1 Å². The third kappa shape index (κ3) is 4.00. The van der Waals surface area contributed by atoms with Crippen molar-refractivity contribution in [2.24, 2.45) is 0 Å². The second-order valence-corrected chi connectivity index (χ2v) is 8.24. The van der Waals surface area contributed by atoms with Gasteiger partial charge in [0.1, 0.15) is 5.70 Å². The van der Waals surface area contributed by atoms with E-state index in [-0.39, 0.29) is 11.8 Å². The number of carbonyl (C=O) groups is 2. The van der Waals surface area contributed by atoms with Crippen LogP contribution >= 0.6 is 11.3 Å². The fourth-order valence-electron chi connectivity index (χ4n) is 3.42. The van der Waals surface area contributed by atoms with Gasteiger partial charge in [0.15, 0.2) is 0 Å². The van der Waals surface area contributed by atoms with Gasteiger partial charge in [-0.05, 0) is 47.7 Å². The summed E-state index contributed by atoms with van der Waals surface area (Å²) >= 11 is 1.46. The van der Waals surface area contributed by atoms with Crippen LogP contribution in [0.2, 0.25) is 0 Å². The Morgan fingerprint density at radius 1 is 0.900 bits per heavy atom. The molecule has 1 aliphatic rings. The van der Waals surface area contributed by atoms with Crippen LogP contribution in [-0.4, -0.2) is 37.4 Å². The molecule has 6 heteroatoms. The number of amides is 2. The topological polar surface area (TPSA) is 52.7 Å². The lowest BCUT2D eigenvalue weighted by Gasteiger charge is -2.16. The van der Waals surface area contributed by atoms with Gasteiger partial charge in [-0.3, -0.25) is 14.5 Å². The first-order valence-electron chi connectivity index (χ1n) is 9.77. The van der Waals surface area contributed by atoms with Crippen molar-refractivity contribution in [3.63, 3.8) is 0 Å². The van der Waals surface area contributed by atoms with E-state index in [1.54, 1.807) is 0 Å². The molecular formula is C24H23N3O2S. The van der Waals surface area contributed by atoms with Crippen molar-refractivity contribution in [2.45, 2.75) is 6.42 Å². The van der Waals surface area contributed by atoms with E-state index >= 15 is 0 Å². The van der Waals surface area contributed by atoms with Gasteiger partial charge < -0.3 is 10.2 Å². The third-order valence-electron chi connectivity index (χ3n) is 5.06. The maximum Gasteiger partial charge on any atom is 0.278 e. The first-order chi connectivity index (χ1) is 14.5. The second kappa shape index (κ2) is 8.55. The maximum atomic E-state index is 13.2.